The first-order valence-electron chi connectivity index (χ1n) is 5.30. The molecule has 1 aromatic carbocycles. The molecule has 2 nitrogen and oxygen atoms in total. The summed E-state index contributed by atoms with van der Waals surface area (Å²) in [6.07, 6.45) is 0. The fourth-order valence-electron chi connectivity index (χ4n) is 1.42. The van der Waals surface area contributed by atoms with E-state index in [1.165, 1.54) is 0 Å². The lowest BCUT2D eigenvalue weighted by Crippen LogP contribution is -1.87. The van der Waals surface area contributed by atoms with Crippen LogP contribution < -0.4 is 4.74 Å². The molecule has 0 unspecified atom stereocenters. The van der Waals surface area contributed by atoms with Crippen molar-refractivity contribution >= 4 is 11.3 Å². The van der Waals surface area contributed by atoms with Gasteiger partial charge in [0.1, 0.15) is 10.8 Å². The molecule has 0 aliphatic carbocycles. The van der Waals surface area contributed by atoms with Gasteiger partial charge in [0, 0.05) is 10.9 Å². The Balaban J connectivity index is 2.28. The molecular formula is C13H15NOS. The number of rotatable bonds is 3. The SMILES string of the molecule is COc1ccc(-c2nc(C(C)C)cs2)cc1. The molecular weight excluding hydrogens is 218 g/mol. The second-order valence-corrected chi connectivity index (χ2v) is 4.82. The second kappa shape index (κ2) is 4.66. The Hall–Kier alpha value is -1.35. The van der Waals surface area contributed by atoms with Crippen molar-refractivity contribution < 1.29 is 4.74 Å². The zero-order valence-corrected chi connectivity index (χ0v) is 10.5. The molecule has 0 spiro atoms. The minimum atomic E-state index is 0.489. The van der Waals surface area contributed by atoms with Crippen molar-refractivity contribution in [2.45, 2.75) is 19.8 Å². The summed E-state index contributed by atoms with van der Waals surface area (Å²) in [7, 11) is 1.68. The summed E-state index contributed by atoms with van der Waals surface area (Å²) in [6.45, 7) is 4.32. The maximum absolute atomic E-state index is 5.13. The van der Waals surface area contributed by atoms with E-state index in [9.17, 15) is 0 Å². The first-order chi connectivity index (χ1) is 7.70. The fraction of sp³-hybridized carbons (Fsp3) is 0.308. The molecule has 0 fully saturated rings. The highest BCUT2D eigenvalue weighted by atomic mass is 32.1. The average molecular weight is 233 g/mol. The maximum atomic E-state index is 5.13. The monoisotopic (exact) mass is 233 g/mol. The van der Waals surface area contributed by atoms with Crippen molar-refractivity contribution in [3.8, 4) is 16.3 Å². The number of aromatic nitrogens is 1. The first kappa shape index (κ1) is 11.1. The van der Waals surface area contributed by atoms with E-state index in [4.69, 9.17) is 4.74 Å². The van der Waals surface area contributed by atoms with Crippen LogP contribution >= 0.6 is 11.3 Å². The van der Waals surface area contributed by atoms with Crippen LogP contribution in [0.4, 0.5) is 0 Å². The topological polar surface area (TPSA) is 22.1 Å². The van der Waals surface area contributed by atoms with Crippen LogP contribution in [0.15, 0.2) is 29.6 Å². The molecule has 2 aromatic rings. The number of hydrogen-bond acceptors (Lipinski definition) is 3. The summed E-state index contributed by atoms with van der Waals surface area (Å²) in [4.78, 5) is 4.61. The van der Waals surface area contributed by atoms with Crippen LogP contribution in [0.25, 0.3) is 10.6 Å². The smallest absolute Gasteiger partial charge is 0.123 e. The maximum Gasteiger partial charge on any atom is 0.123 e. The van der Waals surface area contributed by atoms with Crippen molar-refractivity contribution in [1.82, 2.24) is 4.98 Å². The summed E-state index contributed by atoms with van der Waals surface area (Å²) >= 11 is 1.69. The summed E-state index contributed by atoms with van der Waals surface area (Å²) in [5.74, 6) is 1.37. The molecule has 0 bridgehead atoms. The van der Waals surface area contributed by atoms with Crippen LogP contribution in [0, 0.1) is 0 Å². The van der Waals surface area contributed by atoms with Gasteiger partial charge < -0.3 is 4.74 Å². The number of thiazole rings is 1. The fourth-order valence-corrected chi connectivity index (χ4v) is 2.41. The van der Waals surface area contributed by atoms with Gasteiger partial charge in [0.05, 0.1) is 12.8 Å². The molecule has 2 rings (SSSR count). The molecule has 84 valence electrons. The van der Waals surface area contributed by atoms with Gasteiger partial charge in [0.15, 0.2) is 0 Å². The lowest BCUT2D eigenvalue weighted by Gasteiger charge is -2.00. The third-order valence-electron chi connectivity index (χ3n) is 2.45. The zero-order chi connectivity index (χ0) is 11.5. The van der Waals surface area contributed by atoms with Crippen molar-refractivity contribution in [2.24, 2.45) is 0 Å². The van der Waals surface area contributed by atoms with Gasteiger partial charge in [-0.25, -0.2) is 4.98 Å². The minimum Gasteiger partial charge on any atom is -0.497 e. The summed E-state index contributed by atoms with van der Waals surface area (Å²) in [6, 6.07) is 8.01. The highest BCUT2D eigenvalue weighted by Crippen LogP contribution is 2.27. The van der Waals surface area contributed by atoms with E-state index < -0.39 is 0 Å². The van der Waals surface area contributed by atoms with Gasteiger partial charge in [0.25, 0.3) is 0 Å². The van der Waals surface area contributed by atoms with Gasteiger partial charge in [-0.15, -0.1) is 11.3 Å². The van der Waals surface area contributed by atoms with Crippen molar-refractivity contribution in [3.05, 3.63) is 35.3 Å². The Bertz CT molecular complexity index is 459. The van der Waals surface area contributed by atoms with E-state index in [1.807, 2.05) is 24.3 Å². The van der Waals surface area contributed by atoms with Gasteiger partial charge in [-0.3, -0.25) is 0 Å². The predicted molar refractivity (Wildman–Crippen MR) is 68.2 cm³/mol. The minimum absolute atomic E-state index is 0.489. The number of ether oxygens (including phenoxy) is 1. The molecule has 0 amide bonds. The highest BCUT2D eigenvalue weighted by molar-refractivity contribution is 7.13. The normalized spacial score (nSPS) is 10.8. The lowest BCUT2D eigenvalue weighted by molar-refractivity contribution is 0.415. The van der Waals surface area contributed by atoms with E-state index in [1.54, 1.807) is 18.4 Å². The van der Waals surface area contributed by atoms with Crippen LogP contribution in [0.5, 0.6) is 5.75 Å². The molecule has 0 N–H and O–H groups in total. The molecule has 1 heterocycles. The molecule has 16 heavy (non-hydrogen) atoms. The van der Waals surface area contributed by atoms with E-state index in [-0.39, 0.29) is 0 Å². The Labute approximate surface area is 99.9 Å². The molecule has 0 aliphatic heterocycles. The summed E-state index contributed by atoms with van der Waals surface area (Å²) in [5, 5.41) is 3.20. The van der Waals surface area contributed by atoms with Gasteiger partial charge in [0.2, 0.25) is 0 Å². The quantitative estimate of drug-likeness (QED) is 0.801. The van der Waals surface area contributed by atoms with Crippen LogP contribution in [0.2, 0.25) is 0 Å². The highest BCUT2D eigenvalue weighted by Gasteiger charge is 2.07. The number of methoxy groups -OCH3 is 1. The van der Waals surface area contributed by atoms with Crippen molar-refractivity contribution in [3.63, 3.8) is 0 Å². The largest absolute Gasteiger partial charge is 0.497 e. The van der Waals surface area contributed by atoms with Crippen LogP contribution in [0.1, 0.15) is 25.5 Å². The summed E-state index contributed by atoms with van der Waals surface area (Å²) in [5.41, 5.74) is 2.31. The number of nitrogens with zero attached hydrogens (tertiary/aromatic N) is 1. The summed E-state index contributed by atoms with van der Waals surface area (Å²) < 4.78 is 5.13. The third-order valence-corrected chi connectivity index (χ3v) is 3.36. The Morgan fingerprint density at radius 3 is 2.38 bits per heavy atom. The standard InChI is InChI=1S/C13H15NOS/c1-9(2)12-8-16-13(14-12)10-4-6-11(15-3)7-5-10/h4-9H,1-3H3. The third kappa shape index (κ3) is 2.25. The Kier molecular flexibility index (Phi) is 3.25. The van der Waals surface area contributed by atoms with Gasteiger partial charge >= 0.3 is 0 Å². The van der Waals surface area contributed by atoms with E-state index in [2.05, 4.69) is 24.2 Å². The van der Waals surface area contributed by atoms with Gasteiger partial charge in [-0.05, 0) is 30.2 Å². The van der Waals surface area contributed by atoms with Crippen LogP contribution in [-0.2, 0) is 0 Å². The number of hydrogen-bond donors (Lipinski definition) is 0. The molecule has 0 saturated heterocycles. The van der Waals surface area contributed by atoms with Gasteiger partial charge in [-0.1, -0.05) is 13.8 Å². The van der Waals surface area contributed by atoms with Crippen LogP contribution in [0.3, 0.4) is 0 Å². The average Bonchev–Trinajstić information content (AvgIpc) is 2.78. The molecule has 0 saturated carbocycles. The van der Waals surface area contributed by atoms with Gasteiger partial charge in [-0.2, -0.15) is 0 Å². The van der Waals surface area contributed by atoms with E-state index in [0.717, 1.165) is 22.0 Å². The molecule has 0 radical (unpaired) electrons. The Morgan fingerprint density at radius 1 is 1.19 bits per heavy atom. The number of benzene rings is 1. The lowest BCUT2D eigenvalue weighted by atomic mass is 10.1. The zero-order valence-electron chi connectivity index (χ0n) is 9.73. The Morgan fingerprint density at radius 2 is 1.88 bits per heavy atom. The van der Waals surface area contributed by atoms with E-state index in [0.29, 0.717) is 5.92 Å². The molecule has 0 atom stereocenters. The second-order valence-electron chi connectivity index (χ2n) is 3.96. The van der Waals surface area contributed by atoms with Crippen molar-refractivity contribution in [1.29, 1.82) is 0 Å². The van der Waals surface area contributed by atoms with E-state index >= 15 is 0 Å². The molecule has 3 heteroatoms. The van der Waals surface area contributed by atoms with Crippen LogP contribution in [-0.4, -0.2) is 12.1 Å². The van der Waals surface area contributed by atoms with Crippen molar-refractivity contribution in [2.75, 3.05) is 7.11 Å². The first-order valence-corrected chi connectivity index (χ1v) is 6.18. The molecule has 0 aliphatic rings. The predicted octanol–water partition coefficient (Wildman–Crippen LogP) is 3.94. The molecule has 1 aromatic heterocycles.